The lowest BCUT2D eigenvalue weighted by Gasteiger charge is -2.51. The van der Waals surface area contributed by atoms with E-state index in [4.69, 9.17) is 32.7 Å². The minimum Gasteiger partial charge on any atom is -0.508 e. The Morgan fingerprint density at radius 3 is 2.10 bits per heavy atom. The summed E-state index contributed by atoms with van der Waals surface area (Å²) >= 11 is 12.7. The number of benzene rings is 4. The minimum absolute atomic E-state index is 0.0892. The number of nitrogens with zero attached hydrogens (tertiary/aromatic N) is 3. The fourth-order valence-electron chi connectivity index (χ4n) is 9.94. The second kappa shape index (κ2) is 15.6. The number of carbonyl (C=O) groups excluding carboxylic acids is 4. The lowest BCUT2D eigenvalue weighted by molar-refractivity contribution is -0.139. The molecule has 322 valence electrons. The van der Waals surface area contributed by atoms with E-state index < -0.39 is 81.2 Å². The average molecular weight is 899 g/mol. The number of hydrogen-bond acceptors (Lipinski definition) is 10. The van der Waals surface area contributed by atoms with Crippen LogP contribution in [0.5, 0.6) is 17.2 Å². The zero-order chi connectivity index (χ0) is 44.5. The summed E-state index contributed by atoms with van der Waals surface area (Å²) in [4.78, 5) is 65.0. The number of ether oxygens (including phenoxy) is 2. The standard InChI is InChI=1S/C46H36Cl2F3N5O7/c1-62-35-19-29(57)20-36(63-2)38(35)39-30-16-17-31-37(43(60)55(41(31)58)28-14-12-27(13-15-28)53-26-6-4-3-5-7-26)32(30)21-33-42(59)56(44(61)45(33,39)23-8-10-25(47)11-9-23)54-40-34(48)18-24(22-52-40)46(49,50)51/h3-16,18-20,22,31-33,37,39,53,57H,17,21H2,1-2H3,(H,52,54)/t31-,32+,33-,37-,39+,45+/m0/s1. The third-order valence-corrected chi connectivity index (χ3v) is 13.1. The van der Waals surface area contributed by atoms with Crippen molar-refractivity contribution in [3.8, 4) is 17.2 Å². The molecule has 0 unspecified atom stereocenters. The number of pyridine rings is 1. The van der Waals surface area contributed by atoms with Gasteiger partial charge in [-0.05, 0) is 78.9 Å². The molecular weight excluding hydrogens is 862 g/mol. The highest BCUT2D eigenvalue weighted by molar-refractivity contribution is 6.33. The second-order valence-electron chi connectivity index (χ2n) is 15.7. The predicted octanol–water partition coefficient (Wildman–Crippen LogP) is 9.06. The zero-order valence-electron chi connectivity index (χ0n) is 33.3. The number of phenolic OH excluding ortho intramolecular Hbond substituents is 1. The number of para-hydroxylation sites is 1. The highest BCUT2D eigenvalue weighted by atomic mass is 35.5. The number of phenols is 1. The molecule has 0 bridgehead atoms. The molecule has 4 amide bonds. The van der Waals surface area contributed by atoms with Gasteiger partial charge in [-0.1, -0.05) is 65.2 Å². The number of carbonyl (C=O) groups is 4. The Hall–Kier alpha value is -6.58. The fourth-order valence-corrected chi connectivity index (χ4v) is 10.3. The molecule has 12 nitrogen and oxygen atoms in total. The van der Waals surface area contributed by atoms with Gasteiger partial charge in [-0.25, -0.2) is 4.98 Å². The first-order valence-electron chi connectivity index (χ1n) is 19.8. The van der Waals surface area contributed by atoms with Crippen molar-refractivity contribution in [3.63, 3.8) is 0 Å². The molecule has 1 aromatic heterocycles. The minimum atomic E-state index is -4.78. The molecule has 63 heavy (non-hydrogen) atoms. The van der Waals surface area contributed by atoms with Crippen molar-refractivity contribution in [2.75, 3.05) is 29.9 Å². The van der Waals surface area contributed by atoms with Gasteiger partial charge in [-0.2, -0.15) is 18.2 Å². The number of alkyl halides is 3. The zero-order valence-corrected chi connectivity index (χ0v) is 34.8. The Kier molecular flexibility index (Phi) is 10.4. The third kappa shape index (κ3) is 6.72. The summed E-state index contributed by atoms with van der Waals surface area (Å²) in [6.45, 7) is 0. The Bertz CT molecular complexity index is 2690. The molecule has 4 aliphatic rings. The van der Waals surface area contributed by atoms with Crippen molar-refractivity contribution in [1.82, 2.24) is 9.99 Å². The number of amides is 4. The summed E-state index contributed by atoms with van der Waals surface area (Å²) < 4.78 is 52.6. The molecule has 1 saturated carbocycles. The van der Waals surface area contributed by atoms with Crippen LogP contribution in [0.25, 0.3) is 0 Å². The number of aromatic nitrogens is 1. The first kappa shape index (κ1) is 41.8. The van der Waals surface area contributed by atoms with Gasteiger partial charge in [-0.3, -0.25) is 29.5 Å². The van der Waals surface area contributed by atoms with Crippen LogP contribution >= 0.6 is 23.2 Å². The number of anilines is 4. The van der Waals surface area contributed by atoms with Crippen LogP contribution in [-0.2, 0) is 30.8 Å². The van der Waals surface area contributed by atoms with E-state index in [1.807, 2.05) is 36.4 Å². The number of rotatable bonds is 9. The number of methoxy groups -OCH3 is 2. The summed E-state index contributed by atoms with van der Waals surface area (Å²) in [5.74, 6) is -8.07. The van der Waals surface area contributed by atoms with Crippen LogP contribution in [0.4, 0.5) is 36.1 Å². The highest BCUT2D eigenvalue weighted by Crippen LogP contribution is 2.66. The van der Waals surface area contributed by atoms with Crippen molar-refractivity contribution < 1.29 is 46.9 Å². The van der Waals surface area contributed by atoms with E-state index >= 15 is 9.59 Å². The second-order valence-corrected chi connectivity index (χ2v) is 16.6. The molecule has 2 aliphatic heterocycles. The van der Waals surface area contributed by atoms with Crippen molar-refractivity contribution in [1.29, 1.82) is 0 Å². The van der Waals surface area contributed by atoms with E-state index in [1.54, 1.807) is 48.5 Å². The van der Waals surface area contributed by atoms with Gasteiger partial charge >= 0.3 is 6.18 Å². The van der Waals surface area contributed by atoms with Crippen LogP contribution < -0.4 is 25.1 Å². The maximum absolute atomic E-state index is 15.6. The van der Waals surface area contributed by atoms with Gasteiger partial charge in [0.1, 0.15) is 17.2 Å². The number of hydrazine groups is 1. The molecule has 4 aromatic carbocycles. The summed E-state index contributed by atoms with van der Waals surface area (Å²) in [6.07, 6.45) is -2.44. The van der Waals surface area contributed by atoms with Gasteiger partial charge in [0.05, 0.1) is 53.7 Å². The number of nitrogens with one attached hydrogen (secondary N) is 2. The van der Waals surface area contributed by atoms with Crippen molar-refractivity contribution in [2.24, 2.45) is 23.7 Å². The largest absolute Gasteiger partial charge is 0.508 e. The summed E-state index contributed by atoms with van der Waals surface area (Å²) in [6, 6.07) is 26.0. The van der Waals surface area contributed by atoms with E-state index in [0.29, 0.717) is 39.1 Å². The summed E-state index contributed by atoms with van der Waals surface area (Å²) in [5, 5.41) is 14.6. The smallest absolute Gasteiger partial charge is 0.417 e. The summed E-state index contributed by atoms with van der Waals surface area (Å²) in [5.41, 5.74) is 2.65. The quantitative estimate of drug-likeness (QED) is 0.0966. The normalized spacial score (nSPS) is 24.1. The molecule has 6 atom stereocenters. The molecule has 2 aliphatic carbocycles. The van der Waals surface area contributed by atoms with Gasteiger partial charge in [0.25, 0.3) is 11.8 Å². The average Bonchev–Trinajstić information content (AvgIpc) is 3.65. The Morgan fingerprint density at radius 1 is 0.825 bits per heavy atom. The molecular formula is C46H36Cl2F3N5O7. The molecule has 5 aromatic rings. The number of aromatic hydroxyl groups is 1. The Labute approximate surface area is 368 Å². The molecule has 3 N–H and O–H groups in total. The number of imide groups is 2. The van der Waals surface area contributed by atoms with E-state index in [0.717, 1.165) is 11.4 Å². The van der Waals surface area contributed by atoms with E-state index in [-0.39, 0.29) is 35.7 Å². The third-order valence-electron chi connectivity index (χ3n) is 12.6. The lowest BCUT2D eigenvalue weighted by atomic mass is 9.49. The lowest BCUT2D eigenvalue weighted by Crippen LogP contribution is -2.53. The van der Waals surface area contributed by atoms with Crippen LogP contribution in [0.2, 0.25) is 10.0 Å². The van der Waals surface area contributed by atoms with Crippen LogP contribution in [0, 0.1) is 23.7 Å². The fraction of sp³-hybridized carbons (Fsp3) is 0.239. The van der Waals surface area contributed by atoms with Crippen LogP contribution in [0.3, 0.4) is 0 Å². The van der Waals surface area contributed by atoms with Gasteiger partial charge in [0, 0.05) is 46.2 Å². The number of hydrogen-bond donors (Lipinski definition) is 3. The number of halogens is 5. The maximum Gasteiger partial charge on any atom is 0.417 e. The van der Waals surface area contributed by atoms with Gasteiger partial charge < -0.3 is 19.9 Å². The first-order chi connectivity index (χ1) is 30.2. The molecule has 9 rings (SSSR count). The van der Waals surface area contributed by atoms with Crippen LogP contribution in [-0.4, -0.2) is 52.9 Å². The van der Waals surface area contributed by atoms with E-state index in [2.05, 4.69) is 15.7 Å². The molecule has 17 heteroatoms. The SMILES string of the molecule is COc1cc(O)cc(OC)c1[C@H]1C2=CC[C@@H]3C(=O)N(c4ccc(Nc5ccccc5)cc4)C(=O)[C@@H]3[C@@H]2C[C@H]2C(=O)N(Nc3ncc(C(F)(F)F)cc3Cl)C(=O)[C@@]12c1ccc(Cl)cc1. The highest BCUT2D eigenvalue weighted by Gasteiger charge is 2.71. The Balaban J connectivity index is 1.19. The first-order valence-corrected chi connectivity index (χ1v) is 20.5. The van der Waals surface area contributed by atoms with Crippen molar-refractivity contribution >= 4 is 69.7 Å². The van der Waals surface area contributed by atoms with Crippen molar-refractivity contribution in [3.05, 3.63) is 142 Å². The molecule has 3 heterocycles. The molecule has 0 spiro atoms. The van der Waals surface area contributed by atoms with Crippen LogP contribution in [0.15, 0.2) is 115 Å². The predicted molar refractivity (Wildman–Crippen MR) is 227 cm³/mol. The number of allylic oxidation sites excluding steroid dienone is 2. The monoisotopic (exact) mass is 897 g/mol. The molecule has 2 saturated heterocycles. The van der Waals surface area contributed by atoms with E-state index in [1.165, 1.54) is 31.3 Å². The summed E-state index contributed by atoms with van der Waals surface area (Å²) in [7, 11) is 2.72. The molecule has 0 radical (unpaired) electrons. The number of fused-ring (bicyclic) bond motifs is 4. The van der Waals surface area contributed by atoms with Gasteiger partial charge in [-0.15, -0.1) is 0 Å². The van der Waals surface area contributed by atoms with E-state index in [9.17, 15) is 27.9 Å². The Morgan fingerprint density at radius 2 is 1.48 bits per heavy atom. The van der Waals surface area contributed by atoms with Gasteiger partial charge in [0.2, 0.25) is 11.8 Å². The topological polar surface area (TPSA) is 150 Å². The molecule has 3 fully saturated rings. The van der Waals surface area contributed by atoms with Crippen molar-refractivity contribution in [2.45, 2.75) is 30.4 Å². The van der Waals surface area contributed by atoms with Crippen LogP contribution in [0.1, 0.15) is 35.4 Å². The maximum atomic E-state index is 15.6. The van der Waals surface area contributed by atoms with Gasteiger partial charge in [0.15, 0.2) is 5.82 Å².